The van der Waals surface area contributed by atoms with E-state index in [1.54, 1.807) is 4.68 Å². The number of aryl methyl sites for hydroxylation is 1. The van der Waals surface area contributed by atoms with Gasteiger partial charge in [-0.15, -0.1) is 0 Å². The Balaban J connectivity index is 1.46. The molecule has 1 fully saturated rings. The van der Waals surface area contributed by atoms with Crippen LogP contribution in [0.5, 0.6) is 0 Å². The molecule has 6 nitrogen and oxygen atoms in total. The molecule has 6 heteroatoms. The van der Waals surface area contributed by atoms with E-state index < -0.39 is 0 Å². The van der Waals surface area contributed by atoms with Gasteiger partial charge in [-0.2, -0.15) is 4.68 Å². The van der Waals surface area contributed by atoms with Gasteiger partial charge in [-0.1, -0.05) is 54.0 Å². The molecule has 1 aliphatic rings. The molecule has 0 radical (unpaired) electrons. The highest BCUT2D eigenvalue weighted by molar-refractivity contribution is 5.41. The zero-order valence-corrected chi connectivity index (χ0v) is 16.7. The first-order valence-electron chi connectivity index (χ1n) is 10.1. The third kappa shape index (κ3) is 4.39. The van der Waals surface area contributed by atoms with Crippen molar-refractivity contribution in [3.8, 4) is 5.69 Å². The number of aromatic nitrogens is 4. The van der Waals surface area contributed by atoms with E-state index in [0.29, 0.717) is 12.5 Å². The molecule has 146 valence electrons. The summed E-state index contributed by atoms with van der Waals surface area (Å²) in [6.45, 7) is 8.51. The summed E-state index contributed by atoms with van der Waals surface area (Å²) in [5, 5.41) is 15.6. The number of benzene rings is 2. The van der Waals surface area contributed by atoms with Crippen LogP contribution in [0.3, 0.4) is 0 Å². The van der Waals surface area contributed by atoms with Gasteiger partial charge < -0.3 is 5.32 Å². The molecular weight excluding hydrogens is 348 g/mol. The summed E-state index contributed by atoms with van der Waals surface area (Å²) in [6, 6.07) is 16.8. The van der Waals surface area contributed by atoms with Gasteiger partial charge >= 0.3 is 0 Å². The Morgan fingerprint density at radius 3 is 2.64 bits per heavy atom. The molecule has 2 heterocycles. The minimum Gasteiger partial charge on any atom is -0.349 e. The summed E-state index contributed by atoms with van der Waals surface area (Å²) in [5.74, 6) is 1.45. The number of hydrogen-bond donors (Lipinski definition) is 1. The summed E-state index contributed by atoms with van der Waals surface area (Å²) in [4.78, 5) is 2.57. The van der Waals surface area contributed by atoms with Crippen LogP contribution in [0.15, 0.2) is 48.5 Å². The Morgan fingerprint density at radius 1 is 1.07 bits per heavy atom. The highest BCUT2D eigenvalue weighted by atomic mass is 15.6. The first kappa shape index (κ1) is 18.6. The predicted octanol–water partition coefficient (Wildman–Crippen LogP) is 3.81. The van der Waals surface area contributed by atoms with E-state index in [-0.39, 0.29) is 0 Å². The highest BCUT2D eigenvalue weighted by Gasteiger charge is 2.17. The van der Waals surface area contributed by atoms with E-state index in [1.165, 1.54) is 42.6 Å². The lowest BCUT2D eigenvalue weighted by atomic mass is 9.99. The topological polar surface area (TPSA) is 58.9 Å². The second-order valence-electron chi connectivity index (χ2n) is 7.85. The van der Waals surface area contributed by atoms with Crippen LogP contribution in [0, 0.1) is 12.8 Å². The molecule has 0 amide bonds. The summed E-state index contributed by atoms with van der Waals surface area (Å²) < 4.78 is 1.74. The van der Waals surface area contributed by atoms with Crippen LogP contribution in [0.25, 0.3) is 5.69 Å². The number of piperidine rings is 1. The average molecular weight is 377 g/mol. The van der Waals surface area contributed by atoms with Gasteiger partial charge in [0.1, 0.15) is 0 Å². The molecule has 28 heavy (non-hydrogen) atoms. The van der Waals surface area contributed by atoms with Crippen molar-refractivity contribution in [2.24, 2.45) is 5.92 Å². The van der Waals surface area contributed by atoms with E-state index in [2.05, 4.69) is 76.0 Å². The standard InChI is InChI=1S/C22H28N6/c1-17-9-11-21(12-10-17)28-22(24-25-26-28)23-14-19-7-3-4-8-20(19)16-27-13-5-6-18(2)15-27/h3-4,7-12,18H,5-6,13-16H2,1-2H3,(H,23,24,26). The van der Waals surface area contributed by atoms with Crippen molar-refractivity contribution in [1.82, 2.24) is 25.1 Å². The SMILES string of the molecule is Cc1ccc(-n2nnnc2NCc2ccccc2CN2CCCC(C)C2)cc1. The number of nitrogens with zero attached hydrogens (tertiary/aromatic N) is 5. The average Bonchev–Trinajstić information content (AvgIpc) is 3.16. The highest BCUT2D eigenvalue weighted by Crippen LogP contribution is 2.20. The lowest BCUT2D eigenvalue weighted by molar-refractivity contribution is 0.176. The van der Waals surface area contributed by atoms with Gasteiger partial charge in [0, 0.05) is 19.6 Å². The van der Waals surface area contributed by atoms with Crippen molar-refractivity contribution in [1.29, 1.82) is 0 Å². The van der Waals surface area contributed by atoms with Crippen molar-refractivity contribution >= 4 is 5.95 Å². The maximum absolute atomic E-state index is 4.17. The molecule has 0 aliphatic carbocycles. The van der Waals surface area contributed by atoms with E-state index >= 15 is 0 Å². The fraction of sp³-hybridized carbons (Fsp3) is 0.409. The normalized spacial score (nSPS) is 17.6. The molecule has 1 atom stereocenters. The molecule has 1 unspecified atom stereocenters. The fourth-order valence-corrected chi connectivity index (χ4v) is 3.89. The van der Waals surface area contributed by atoms with Gasteiger partial charge in [-0.25, -0.2) is 0 Å². The number of nitrogens with one attached hydrogen (secondary N) is 1. The summed E-state index contributed by atoms with van der Waals surface area (Å²) in [5.41, 5.74) is 4.83. The molecule has 3 aromatic rings. The number of hydrogen-bond acceptors (Lipinski definition) is 5. The Labute approximate surface area is 166 Å². The minimum absolute atomic E-state index is 0.658. The molecule has 4 rings (SSSR count). The smallest absolute Gasteiger partial charge is 0.248 e. The quantitative estimate of drug-likeness (QED) is 0.709. The van der Waals surface area contributed by atoms with Crippen LogP contribution >= 0.6 is 0 Å². The van der Waals surface area contributed by atoms with Crippen molar-refractivity contribution in [3.05, 3.63) is 65.2 Å². The van der Waals surface area contributed by atoms with E-state index in [4.69, 9.17) is 0 Å². The predicted molar refractivity (Wildman–Crippen MR) is 111 cm³/mol. The molecular formula is C22H28N6. The molecule has 1 saturated heterocycles. The zero-order valence-electron chi connectivity index (χ0n) is 16.7. The van der Waals surface area contributed by atoms with Crippen LogP contribution in [-0.4, -0.2) is 38.2 Å². The molecule has 1 aliphatic heterocycles. The second-order valence-corrected chi connectivity index (χ2v) is 7.85. The summed E-state index contributed by atoms with van der Waals surface area (Å²) >= 11 is 0. The van der Waals surface area contributed by atoms with Crippen molar-refractivity contribution in [2.45, 2.75) is 39.8 Å². The first-order chi connectivity index (χ1) is 13.7. The summed E-state index contributed by atoms with van der Waals surface area (Å²) in [7, 11) is 0. The molecule has 1 N–H and O–H groups in total. The van der Waals surface area contributed by atoms with Crippen LogP contribution in [0.1, 0.15) is 36.5 Å². The van der Waals surface area contributed by atoms with Gasteiger partial charge in [0.05, 0.1) is 5.69 Å². The maximum Gasteiger partial charge on any atom is 0.248 e. The first-order valence-corrected chi connectivity index (χ1v) is 10.1. The Kier molecular flexibility index (Phi) is 5.67. The molecule has 0 spiro atoms. The minimum atomic E-state index is 0.658. The summed E-state index contributed by atoms with van der Waals surface area (Å²) in [6.07, 6.45) is 2.65. The number of rotatable bonds is 6. The van der Waals surface area contributed by atoms with Gasteiger partial charge in [-0.05, 0) is 65.9 Å². The zero-order chi connectivity index (χ0) is 19.3. The third-order valence-corrected chi connectivity index (χ3v) is 5.44. The van der Waals surface area contributed by atoms with Gasteiger partial charge in [0.2, 0.25) is 5.95 Å². The monoisotopic (exact) mass is 376 g/mol. The second kappa shape index (κ2) is 8.52. The number of tetrazole rings is 1. The van der Waals surface area contributed by atoms with Crippen LogP contribution in [0.4, 0.5) is 5.95 Å². The Morgan fingerprint density at radius 2 is 1.86 bits per heavy atom. The van der Waals surface area contributed by atoms with Gasteiger partial charge in [0.15, 0.2) is 0 Å². The fourth-order valence-electron chi connectivity index (χ4n) is 3.89. The Hall–Kier alpha value is -2.73. The van der Waals surface area contributed by atoms with Crippen LogP contribution in [0.2, 0.25) is 0 Å². The largest absolute Gasteiger partial charge is 0.349 e. The van der Waals surface area contributed by atoms with E-state index in [1.807, 2.05) is 12.1 Å². The van der Waals surface area contributed by atoms with Crippen molar-refractivity contribution in [2.75, 3.05) is 18.4 Å². The molecule has 0 saturated carbocycles. The van der Waals surface area contributed by atoms with E-state index in [9.17, 15) is 0 Å². The molecule has 2 aromatic carbocycles. The van der Waals surface area contributed by atoms with Crippen molar-refractivity contribution < 1.29 is 0 Å². The number of likely N-dealkylation sites (tertiary alicyclic amines) is 1. The lowest BCUT2D eigenvalue weighted by Crippen LogP contribution is -2.34. The van der Waals surface area contributed by atoms with Crippen LogP contribution in [-0.2, 0) is 13.1 Å². The van der Waals surface area contributed by atoms with Crippen molar-refractivity contribution in [3.63, 3.8) is 0 Å². The lowest BCUT2D eigenvalue weighted by Gasteiger charge is -2.31. The van der Waals surface area contributed by atoms with Gasteiger partial charge in [0.25, 0.3) is 0 Å². The third-order valence-electron chi connectivity index (χ3n) is 5.44. The van der Waals surface area contributed by atoms with Gasteiger partial charge in [-0.3, -0.25) is 4.90 Å². The Bertz CT molecular complexity index is 901. The number of anilines is 1. The molecule has 1 aromatic heterocycles. The molecule has 0 bridgehead atoms. The van der Waals surface area contributed by atoms with Crippen LogP contribution < -0.4 is 5.32 Å². The maximum atomic E-state index is 4.17. The van der Waals surface area contributed by atoms with E-state index in [0.717, 1.165) is 18.2 Å².